The predicted molar refractivity (Wildman–Crippen MR) is 92.5 cm³/mol. The Kier molecular flexibility index (Phi) is 21.7. The fourth-order valence-electron chi connectivity index (χ4n) is 2.06. The molecule has 0 saturated heterocycles. The molecule has 0 radical (unpaired) electrons. The average Bonchev–Trinajstić information content (AvgIpc) is 2.40. The van der Waals surface area contributed by atoms with Gasteiger partial charge in [0.05, 0.1) is 5.75 Å². The maximum absolute atomic E-state index is 9.71. The molecule has 6 heteroatoms. The van der Waals surface area contributed by atoms with E-state index in [0.717, 1.165) is 0 Å². The molecule has 0 bridgehead atoms. The van der Waals surface area contributed by atoms with Gasteiger partial charge < -0.3 is 5.73 Å². The van der Waals surface area contributed by atoms with Gasteiger partial charge in [-0.15, -0.1) is 0 Å². The van der Waals surface area contributed by atoms with Crippen LogP contribution in [0.15, 0.2) is 0 Å². The Bertz CT molecular complexity index is 273. The maximum atomic E-state index is 9.71. The largest absolute Gasteiger partial charge is 0.329 e. The topological polar surface area (TPSA) is 80.4 Å². The first-order valence-electron chi connectivity index (χ1n) is 8.63. The summed E-state index contributed by atoms with van der Waals surface area (Å²) in [4.78, 5) is 0. The predicted octanol–water partition coefficient (Wildman–Crippen LogP) is 3.72. The fraction of sp³-hybridized carbons (Fsp3) is 1.00. The van der Waals surface area contributed by atoms with Crippen molar-refractivity contribution in [2.75, 3.05) is 12.3 Å². The molecule has 21 heavy (non-hydrogen) atoms. The van der Waals surface area contributed by atoms with E-state index in [1.54, 1.807) is 0 Å². The third-order valence-electron chi connectivity index (χ3n) is 3.33. The molecule has 0 fully saturated rings. The van der Waals surface area contributed by atoms with Crippen molar-refractivity contribution in [3.63, 3.8) is 0 Å². The molecular formula is C15H34NNaO3S. The van der Waals surface area contributed by atoms with Gasteiger partial charge in [0.15, 0.2) is 0 Å². The Labute approximate surface area is 149 Å². The van der Waals surface area contributed by atoms with Gasteiger partial charge in [0.1, 0.15) is 0 Å². The number of unbranched alkanes of at least 4 members (excludes halogenated alkanes) is 10. The van der Waals surface area contributed by atoms with Crippen molar-refractivity contribution in [2.24, 2.45) is 5.73 Å². The van der Waals surface area contributed by atoms with Crippen molar-refractivity contribution in [1.29, 1.82) is 0 Å². The fourth-order valence-corrected chi connectivity index (χ4v) is 2.86. The van der Waals surface area contributed by atoms with Gasteiger partial charge in [0.25, 0.3) is 10.1 Å². The molecule has 0 aliphatic rings. The van der Waals surface area contributed by atoms with Gasteiger partial charge in [0.2, 0.25) is 0 Å². The molecule has 124 valence electrons. The summed E-state index contributed by atoms with van der Waals surface area (Å²) in [5.74, 6) is -0.354. The molecular weight excluding hydrogens is 297 g/mol. The monoisotopic (exact) mass is 331 g/mol. The van der Waals surface area contributed by atoms with E-state index in [2.05, 4.69) is 6.92 Å². The van der Waals surface area contributed by atoms with Gasteiger partial charge in [-0.2, -0.15) is 8.42 Å². The van der Waals surface area contributed by atoms with Crippen LogP contribution >= 0.6 is 0 Å². The van der Waals surface area contributed by atoms with Gasteiger partial charge in [-0.1, -0.05) is 6.92 Å². The third-order valence-corrected chi connectivity index (χ3v) is 4.79. The Morgan fingerprint density at radius 3 is 1.48 bits per heavy atom. The molecule has 0 unspecified atom stereocenters. The van der Waals surface area contributed by atoms with Crippen LogP contribution in [0.3, 0.4) is 0 Å². The van der Waals surface area contributed by atoms with E-state index >= 15 is 0 Å². The summed E-state index contributed by atoms with van der Waals surface area (Å²) in [5.41, 5.74) is 4.78. The van der Waals surface area contributed by atoms with Crippen LogP contribution in [0.5, 0.6) is 0 Å². The van der Waals surface area contributed by atoms with Crippen LogP contribution in [0.4, 0.5) is 0 Å². The Morgan fingerprint density at radius 1 is 0.857 bits per heavy atom. The molecule has 0 aromatic heterocycles. The van der Waals surface area contributed by atoms with E-state index in [4.69, 9.17) is 10.3 Å². The molecule has 0 atom stereocenters. The Morgan fingerprint density at radius 2 is 1.24 bits per heavy atom. The second kappa shape index (κ2) is 18.9. The van der Waals surface area contributed by atoms with Crippen molar-refractivity contribution < 1.29 is 13.0 Å². The van der Waals surface area contributed by atoms with Crippen molar-refractivity contribution in [1.82, 2.24) is 0 Å². The first-order chi connectivity index (χ1) is 9.97. The summed E-state index contributed by atoms with van der Waals surface area (Å²) >= 11 is 1.41. The third kappa shape index (κ3) is 29.5. The molecule has 0 amide bonds. The molecule has 0 aliphatic carbocycles. The van der Waals surface area contributed by atoms with Crippen LogP contribution in [0.2, 0.25) is 3.67 Å². The number of nitrogens with two attached hydrogens (primary N) is 1. The van der Waals surface area contributed by atoms with Gasteiger partial charge >= 0.3 is 102 Å². The molecule has 4 nitrogen and oxygen atoms in total. The van der Waals surface area contributed by atoms with Gasteiger partial charge in [-0.3, -0.25) is 4.55 Å². The van der Waals surface area contributed by atoms with Gasteiger partial charge in [-0.25, -0.2) is 0 Å². The maximum Gasteiger partial charge on any atom is 0.266 e. The minimum absolute atomic E-state index is 0.0289. The molecule has 0 saturated carbocycles. The average molecular weight is 331 g/mol. The van der Waals surface area contributed by atoms with Gasteiger partial charge in [-0.05, 0) is 0 Å². The summed E-state index contributed by atoms with van der Waals surface area (Å²) in [6.45, 7) is 2.26. The van der Waals surface area contributed by atoms with E-state index in [0.29, 0.717) is 0 Å². The first-order valence-corrected chi connectivity index (χ1v) is 11.7. The summed E-state index contributed by atoms with van der Waals surface area (Å²) in [6, 6.07) is 0. The molecule has 0 aliphatic heterocycles. The van der Waals surface area contributed by atoms with Crippen molar-refractivity contribution in [3.8, 4) is 0 Å². The van der Waals surface area contributed by atoms with Gasteiger partial charge in [0, 0.05) is 6.54 Å². The smallest absolute Gasteiger partial charge is 0.266 e. The Balaban J connectivity index is 0. The van der Waals surface area contributed by atoms with E-state index in [1.165, 1.54) is 102 Å². The summed E-state index contributed by atoms with van der Waals surface area (Å²) in [7, 11) is -3.80. The van der Waals surface area contributed by atoms with Crippen LogP contribution in [-0.4, -0.2) is 53.2 Å². The van der Waals surface area contributed by atoms with E-state index in [-0.39, 0.29) is 12.3 Å². The summed E-state index contributed by atoms with van der Waals surface area (Å²) in [6.07, 6.45) is 16.2. The second-order valence-electron chi connectivity index (χ2n) is 5.61. The minimum Gasteiger partial charge on any atom is -0.329 e. The molecule has 0 aromatic rings. The second-order valence-corrected chi connectivity index (χ2v) is 8.18. The zero-order valence-corrected chi connectivity index (χ0v) is 17.0. The quantitative estimate of drug-likeness (QED) is 0.306. The molecule has 0 heterocycles. The first kappa shape index (κ1) is 24.1. The van der Waals surface area contributed by atoms with E-state index in [1.807, 2.05) is 0 Å². The molecule has 0 rings (SSSR count). The zero-order chi connectivity index (χ0) is 16.4. The van der Waals surface area contributed by atoms with Crippen LogP contribution in [0, 0.1) is 0 Å². The SMILES string of the molecule is CCCCCCCCCCCC[CH2][Na].NCCS(=O)(=O)O. The number of rotatable bonds is 13. The molecule has 0 aromatic carbocycles. The Hall–Kier alpha value is 0.870. The van der Waals surface area contributed by atoms with Crippen LogP contribution in [-0.2, 0) is 10.1 Å². The summed E-state index contributed by atoms with van der Waals surface area (Å²) < 4.78 is 28.8. The van der Waals surface area contributed by atoms with E-state index in [9.17, 15) is 8.42 Å². The van der Waals surface area contributed by atoms with Crippen molar-refractivity contribution in [3.05, 3.63) is 0 Å². The van der Waals surface area contributed by atoms with Crippen LogP contribution in [0.1, 0.15) is 77.6 Å². The zero-order valence-electron chi connectivity index (χ0n) is 14.1. The number of hydrogen-bond acceptors (Lipinski definition) is 3. The molecule has 0 spiro atoms. The molecule has 3 N–H and O–H groups in total. The number of hydrogen-bond donors (Lipinski definition) is 2. The van der Waals surface area contributed by atoms with Crippen LogP contribution in [0.25, 0.3) is 0 Å². The van der Waals surface area contributed by atoms with Crippen molar-refractivity contribution >= 4 is 38.0 Å². The normalized spacial score (nSPS) is 11.1. The van der Waals surface area contributed by atoms with Crippen LogP contribution < -0.4 is 5.73 Å². The van der Waals surface area contributed by atoms with E-state index < -0.39 is 10.1 Å². The standard InChI is InChI=1S/C13H27.C2H7NO3S.Na/c1-3-5-7-9-11-13-12-10-8-6-4-2;3-1-2-7(4,5)6;/h1,3-13H2,2H3;1-3H2,(H,4,5,6);. The summed E-state index contributed by atoms with van der Waals surface area (Å²) in [5, 5.41) is 0. The van der Waals surface area contributed by atoms with Crippen molar-refractivity contribution in [2.45, 2.75) is 81.2 Å². The minimum atomic E-state index is -3.80.